The van der Waals surface area contributed by atoms with Crippen molar-refractivity contribution in [1.82, 2.24) is 9.88 Å². The number of amides is 1. The summed E-state index contributed by atoms with van der Waals surface area (Å²) in [6.45, 7) is 2.27. The summed E-state index contributed by atoms with van der Waals surface area (Å²) >= 11 is 3.31. The second-order valence-electron chi connectivity index (χ2n) is 3.87. The van der Waals surface area contributed by atoms with E-state index in [0.29, 0.717) is 18.2 Å². The molecule has 0 spiro atoms. The fourth-order valence-corrected chi connectivity index (χ4v) is 2.21. The summed E-state index contributed by atoms with van der Waals surface area (Å²) in [5.74, 6) is 0.531. The van der Waals surface area contributed by atoms with Gasteiger partial charge in [0.25, 0.3) is 5.91 Å². The van der Waals surface area contributed by atoms with Crippen LogP contribution in [0, 0.1) is 5.92 Å². The van der Waals surface area contributed by atoms with Gasteiger partial charge in [-0.05, 0) is 40.9 Å². The minimum absolute atomic E-state index is 0.0663. The van der Waals surface area contributed by atoms with Crippen molar-refractivity contribution in [3.63, 3.8) is 0 Å². The Morgan fingerprint density at radius 3 is 3.07 bits per heavy atom. The first kappa shape index (κ1) is 10.7. The molecule has 0 aliphatic carbocycles. The molecular formula is C10H14BrN3O. The predicted molar refractivity (Wildman–Crippen MR) is 61.6 cm³/mol. The Kier molecular flexibility index (Phi) is 3.11. The van der Waals surface area contributed by atoms with Crippen LogP contribution in [0.15, 0.2) is 16.7 Å². The van der Waals surface area contributed by atoms with Gasteiger partial charge in [-0.15, -0.1) is 0 Å². The standard InChI is InChI=1S/C10H14BrN3O/c11-8-3-9(13-5-8)10(15)14-2-1-7(4-12)6-14/h3,5,7,13H,1-2,4,6,12H2. The molecule has 5 heteroatoms. The Morgan fingerprint density at radius 1 is 1.73 bits per heavy atom. The largest absolute Gasteiger partial charge is 0.356 e. The van der Waals surface area contributed by atoms with Gasteiger partial charge in [0, 0.05) is 23.8 Å². The van der Waals surface area contributed by atoms with E-state index in [0.717, 1.165) is 24.0 Å². The fraction of sp³-hybridized carbons (Fsp3) is 0.500. The lowest BCUT2D eigenvalue weighted by Crippen LogP contribution is -2.30. The number of rotatable bonds is 2. The van der Waals surface area contributed by atoms with E-state index in [1.807, 2.05) is 4.90 Å². The number of carbonyl (C=O) groups excluding carboxylic acids is 1. The van der Waals surface area contributed by atoms with Crippen LogP contribution in [0.2, 0.25) is 0 Å². The molecule has 4 nitrogen and oxygen atoms in total. The Morgan fingerprint density at radius 2 is 2.53 bits per heavy atom. The zero-order valence-corrected chi connectivity index (χ0v) is 9.96. The maximum Gasteiger partial charge on any atom is 0.270 e. The Balaban J connectivity index is 2.03. The third-order valence-electron chi connectivity index (χ3n) is 2.78. The van der Waals surface area contributed by atoms with E-state index in [2.05, 4.69) is 20.9 Å². The lowest BCUT2D eigenvalue weighted by atomic mass is 10.1. The van der Waals surface area contributed by atoms with Crippen molar-refractivity contribution in [3.8, 4) is 0 Å². The molecule has 0 radical (unpaired) electrons. The number of nitrogens with zero attached hydrogens (tertiary/aromatic N) is 1. The topological polar surface area (TPSA) is 62.1 Å². The molecule has 1 aromatic rings. The average molecular weight is 272 g/mol. The number of nitrogens with one attached hydrogen (secondary N) is 1. The van der Waals surface area contributed by atoms with Gasteiger partial charge in [-0.25, -0.2) is 0 Å². The van der Waals surface area contributed by atoms with Crippen LogP contribution in [0.25, 0.3) is 0 Å². The lowest BCUT2D eigenvalue weighted by molar-refractivity contribution is 0.0782. The smallest absolute Gasteiger partial charge is 0.270 e. The molecule has 0 saturated carbocycles. The summed E-state index contributed by atoms with van der Waals surface area (Å²) in [6, 6.07) is 1.80. The van der Waals surface area contributed by atoms with Crippen LogP contribution in [0.1, 0.15) is 16.9 Å². The van der Waals surface area contributed by atoms with E-state index in [9.17, 15) is 4.79 Å². The van der Waals surface area contributed by atoms with Gasteiger partial charge in [-0.2, -0.15) is 0 Å². The molecule has 0 bridgehead atoms. The van der Waals surface area contributed by atoms with Crippen molar-refractivity contribution >= 4 is 21.8 Å². The second-order valence-corrected chi connectivity index (χ2v) is 4.79. The Labute approximate surface area is 97.0 Å². The van der Waals surface area contributed by atoms with Crippen LogP contribution in [0.5, 0.6) is 0 Å². The minimum atomic E-state index is 0.0663. The van der Waals surface area contributed by atoms with Gasteiger partial charge < -0.3 is 15.6 Å². The number of H-pyrrole nitrogens is 1. The zero-order chi connectivity index (χ0) is 10.8. The molecule has 2 rings (SSSR count). The van der Waals surface area contributed by atoms with E-state index >= 15 is 0 Å². The van der Waals surface area contributed by atoms with Crippen molar-refractivity contribution in [2.75, 3.05) is 19.6 Å². The highest BCUT2D eigenvalue weighted by Gasteiger charge is 2.26. The molecule has 1 unspecified atom stereocenters. The molecule has 0 aromatic carbocycles. The number of carbonyl (C=O) groups is 1. The molecule has 1 fully saturated rings. The van der Waals surface area contributed by atoms with Gasteiger partial charge in [0.1, 0.15) is 5.69 Å². The molecule has 1 atom stereocenters. The number of aromatic nitrogens is 1. The molecule has 1 amide bonds. The number of hydrogen-bond acceptors (Lipinski definition) is 2. The van der Waals surface area contributed by atoms with Crippen LogP contribution >= 0.6 is 15.9 Å². The van der Waals surface area contributed by atoms with Gasteiger partial charge in [0.15, 0.2) is 0 Å². The third-order valence-corrected chi connectivity index (χ3v) is 3.24. The molecule has 82 valence electrons. The van der Waals surface area contributed by atoms with Crippen LogP contribution in [0.3, 0.4) is 0 Å². The summed E-state index contributed by atoms with van der Waals surface area (Å²) in [6.07, 6.45) is 2.79. The van der Waals surface area contributed by atoms with E-state index in [1.165, 1.54) is 0 Å². The highest BCUT2D eigenvalue weighted by molar-refractivity contribution is 9.10. The maximum atomic E-state index is 12.0. The quantitative estimate of drug-likeness (QED) is 0.849. The Hall–Kier alpha value is -0.810. The molecule has 2 heterocycles. The van der Waals surface area contributed by atoms with Crippen molar-refractivity contribution in [2.45, 2.75) is 6.42 Å². The first-order valence-electron chi connectivity index (χ1n) is 5.04. The van der Waals surface area contributed by atoms with Crippen molar-refractivity contribution in [2.24, 2.45) is 11.7 Å². The molecule has 1 aromatic heterocycles. The first-order valence-corrected chi connectivity index (χ1v) is 5.83. The average Bonchev–Trinajstić information content (AvgIpc) is 2.84. The summed E-state index contributed by atoms with van der Waals surface area (Å²) in [7, 11) is 0. The van der Waals surface area contributed by atoms with Gasteiger partial charge in [-0.3, -0.25) is 4.79 Å². The maximum absolute atomic E-state index is 12.0. The van der Waals surface area contributed by atoms with Gasteiger partial charge in [0.05, 0.1) is 0 Å². The van der Waals surface area contributed by atoms with Crippen molar-refractivity contribution in [3.05, 3.63) is 22.4 Å². The number of hydrogen-bond donors (Lipinski definition) is 2. The monoisotopic (exact) mass is 271 g/mol. The van der Waals surface area contributed by atoms with E-state index in [4.69, 9.17) is 5.73 Å². The molecule has 15 heavy (non-hydrogen) atoms. The molecule has 1 aliphatic heterocycles. The van der Waals surface area contributed by atoms with Crippen molar-refractivity contribution < 1.29 is 4.79 Å². The van der Waals surface area contributed by atoms with Gasteiger partial charge in [0.2, 0.25) is 0 Å². The highest BCUT2D eigenvalue weighted by Crippen LogP contribution is 2.18. The summed E-state index contributed by atoms with van der Waals surface area (Å²) in [5, 5.41) is 0. The number of nitrogens with two attached hydrogens (primary N) is 1. The molecule has 1 aliphatic rings. The van der Waals surface area contributed by atoms with Crippen LogP contribution < -0.4 is 5.73 Å². The molecule has 3 N–H and O–H groups in total. The number of likely N-dealkylation sites (tertiary alicyclic amines) is 1. The second kappa shape index (κ2) is 4.37. The number of halogens is 1. The third kappa shape index (κ3) is 2.23. The summed E-state index contributed by atoms with van der Waals surface area (Å²) in [4.78, 5) is 16.8. The molecule has 1 saturated heterocycles. The summed E-state index contributed by atoms with van der Waals surface area (Å²) < 4.78 is 0.903. The predicted octanol–water partition coefficient (Wildman–Crippen LogP) is 1.20. The number of aromatic amines is 1. The van der Waals surface area contributed by atoms with E-state index in [-0.39, 0.29) is 5.91 Å². The molecular weight excluding hydrogens is 258 g/mol. The minimum Gasteiger partial charge on any atom is -0.356 e. The van der Waals surface area contributed by atoms with Crippen LogP contribution in [-0.4, -0.2) is 35.4 Å². The Bertz CT molecular complexity index is 363. The normalized spacial score (nSPS) is 20.9. The summed E-state index contributed by atoms with van der Waals surface area (Å²) in [5.41, 5.74) is 6.22. The SMILES string of the molecule is NCC1CCN(C(=O)c2cc(Br)c[nH]2)C1. The van der Waals surface area contributed by atoms with E-state index in [1.54, 1.807) is 12.3 Å². The fourth-order valence-electron chi connectivity index (χ4n) is 1.87. The van der Waals surface area contributed by atoms with E-state index < -0.39 is 0 Å². The lowest BCUT2D eigenvalue weighted by Gasteiger charge is -2.14. The zero-order valence-electron chi connectivity index (χ0n) is 8.37. The van der Waals surface area contributed by atoms with Gasteiger partial charge in [-0.1, -0.05) is 0 Å². The first-order chi connectivity index (χ1) is 7.20. The van der Waals surface area contributed by atoms with Crippen LogP contribution in [-0.2, 0) is 0 Å². The van der Waals surface area contributed by atoms with Crippen LogP contribution in [0.4, 0.5) is 0 Å². The highest BCUT2D eigenvalue weighted by atomic mass is 79.9. The van der Waals surface area contributed by atoms with Gasteiger partial charge >= 0.3 is 0 Å². The van der Waals surface area contributed by atoms with Crippen molar-refractivity contribution in [1.29, 1.82) is 0 Å².